The summed E-state index contributed by atoms with van der Waals surface area (Å²) < 4.78 is 3.61. The van der Waals surface area contributed by atoms with Crippen molar-refractivity contribution in [1.29, 1.82) is 0 Å². The van der Waals surface area contributed by atoms with Gasteiger partial charge >= 0.3 is 5.69 Å². The Kier molecular flexibility index (Phi) is 3.48. The van der Waals surface area contributed by atoms with Crippen LogP contribution in [0.4, 0.5) is 0 Å². The van der Waals surface area contributed by atoms with Gasteiger partial charge in [-0.1, -0.05) is 0 Å². The first-order valence-corrected chi connectivity index (χ1v) is 8.09. The zero-order valence-corrected chi connectivity index (χ0v) is 13.5. The molecule has 1 aromatic carbocycles. The molecule has 24 heavy (non-hydrogen) atoms. The molecular formula is C17H19N5O2. The molecule has 0 saturated carbocycles. The van der Waals surface area contributed by atoms with Crippen molar-refractivity contribution in [2.45, 2.75) is 18.9 Å². The quantitative estimate of drug-likeness (QED) is 0.776. The van der Waals surface area contributed by atoms with Gasteiger partial charge in [-0.25, -0.2) is 9.78 Å². The predicted molar refractivity (Wildman–Crippen MR) is 89.9 cm³/mol. The number of likely N-dealkylation sites (tertiary alicyclic amines) is 1. The Labute approximate surface area is 138 Å². The van der Waals surface area contributed by atoms with E-state index in [1.54, 1.807) is 36.3 Å². The maximum Gasteiger partial charge on any atom is 0.326 e. The number of fused-ring (bicyclic) bond motifs is 1. The van der Waals surface area contributed by atoms with Gasteiger partial charge in [-0.05, 0) is 31.0 Å². The summed E-state index contributed by atoms with van der Waals surface area (Å²) in [5.74, 6) is 0.00594. The number of hydrogen-bond donors (Lipinski definition) is 1. The summed E-state index contributed by atoms with van der Waals surface area (Å²) in [6.45, 7) is 1.44. The monoisotopic (exact) mass is 325 g/mol. The lowest BCUT2D eigenvalue weighted by Crippen LogP contribution is -2.40. The molecule has 7 nitrogen and oxygen atoms in total. The number of imidazole rings is 2. The molecule has 4 rings (SSSR count). The summed E-state index contributed by atoms with van der Waals surface area (Å²) in [7, 11) is 1.71. The molecular weight excluding hydrogens is 306 g/mol. The highest BCUT2D eigenvalue weighted by Crippen LogP contribution is 2.23. The van der Waals surface area contributed by atoms with Crippen LogP contribution in [0.2, 0.25) is 0 Å². The molecule has 3 aromatic rings. The van der Waals surface area contributed by atoms with Crippen LogP contribution in [-0.4, -0.2) is 43.0 Å². The van der Waals surface area contributed by atoms with E-state index in [0.29, 0.717) is 17.6 Å². The second-order valence-electron chi connectivity index (χ2n) is 6.28. The highest BCUT2D eigenvalue weighted by Gasteiger charge is 2.25. The lowest BCUT2D eigenvalue weighted by molar-refractivity contribution is 0.0679. The lowest BCUT2D eigenvalue weighted by Gasteiger charge is -2.33. The van der Waals surface area contributed by atoms with Crippen molar-refractivity contribution in [3.05, 3.63) is 53.0 Å². The van der Waals surface area contributed by atoms with Gasteiger partial charge in [-0.2, -0.15) is 0 Å². The molecule has 1 aliphatic rings. The Hall–Kier alpha value is -2.83. The summed E-state index contributed by atoms with van der Waals surface area (Å²) in [6.07, 6.45) is 7.53. The molecule has 1 atom stereocenters. The van der Waals surface area contributed by atoms with Gasteiger partial charge in [-0.3, -0.25) is 9.36 Å². The first-order valence-electron chi connectivity index (χ1n) is 8.09. The standard InChI is InChI=1S/C17H19N5O2/c1-20-15-5-4-12(9-14(15)19-17(20)24)16(23)21-7-2-3-13(10-21)22-8-6-18-11-22/h4-6,8-9,11,13H,2-3,7,10H2,1H3,(H,19,24)/t13-/m0/s1. The number of aromatic nitrogens is 4. The van der Waals surface area contributed by atoms with E-state index in [4.69, 9.17) is 0 Å². The number of hydrogen-bond acceptors (Lipinski definition) is 3. The van der Waals surface area contributed by atoms with Crippen molar-refractivity contribution in [3.8, 4) is 0 Å². The summed E-state index contributed by atoms with van der Waals surface area (Å²) in [6, 6.07) is 5.64. The molecule has 1 aliphatic heterocycles. The zero-order chi connectivity index (χ0) is 16.7. The number of carbonyl (C=O) groups excluding carboxylic acids is 1. The number of rotatable bonds is 2. The molecule has 1 N–H and O–H groups in total. The smallest absolute Gasteiger partial charge is 0.326 e. The number of piperidine rings is 1. The fourth-order valence-electron chi connectivity index (χ4n) is 3.42. The highest BCUT2D eigenvalue weighted by molar-refractivity contribution is 5.97. The number of aryl methyl sites for hydroxylation is 1. The molecule has 124 valence electrons. The van der Waals surface area contributed by atoms with E-state index in [1.807, 2.05) is 17.2 Å². The first kappa shape index (κ1) is 14.7. The zero-order valence-electron chi connectivity index (χ0n) is 13.5. The van der Waals surface area contributed by atoms with Crippen molar-refractivity contribution < 1.29 is 4.79 Å². The van der Waals surface area contributed by atoms with Crippen LogP contribution in [-0.2, 0) is 7.05 Å². The second-order valence-corrected chi connectivity index (χ2v) is 6.28. The molecule has 0 bridgehead atoms. The number of H-pyrrole nitrogens is 1. The molecule has 0 spiro atoms. The van der Waals surface area contributed by atoms with Crippen molar-refractivity contribution in [1.82, 2.24) is 24.0 Å². The van der Waals surface area contributed by atoms with E-state index >= 15 is 0 Å². The van der Waals surface area contributed by atoms with Gasteiger partial charge in [0.1, 0.15) is 0 Å². The van der Waals surface area contributed by atoms with Crippen LogP contribution < -0.4 is 5.69 Å². The number of carbonyl (C=O) groups is 1. The fraction of sp³-hybridized carbons (Fsp3) is 0.353. The number of nitrogens with zero attached hydrogens (tertiary/aromatic N) is 4. The Bertz CT molecular complexity index is 938. The molecule has 1 amide bonds. The predicted octanol–water partition coefficient (Wildman–Crippen LogP) is 1.54. The Morgan fingerprint density at radius 1 is 1.38 bits per heavy atom. The van der Waals surface area contributed by atoms with Crippen LogP contribution in [0, 0.1) is 0 Å². The van der Waals surface area contributed by atoms with Crippen LogP contribution in [0.3, 0.4) is 0 Å². The SMILES string of the molecule is Cn1c(=O)[nH]c2cc(C(=O)N3CCC[C@H](n4ccnc4)C3)ccc21. The minimum Gasteiger partial charge on any atom is -0.337 e. The highest BCUT2D eigenvalue weighted by atomic mass is 16.2. The summed E-state index contributed by atoms with van der Waals surface area (Å²) in [5, 5.41) is 0. The van der Waals surface area contributed by atoms with Crippen LogP contribution in [0.1, 0.15) is 29.2 Å². The summed E-state index contributed by atoms with van der Waals surface area (Å²) >= 11 is 0. The van der Waals surface area contributed by atoms with Crippen molar-refractivity contribution in [2.75, 3.05) is 13.1 Å². The van der Waals surface area contributed by atoms with Crippen LogP contribution in [0.15, 0.2) is 41.7 Å². The second kappa shape index (κ2) is 5.67. The van der Waals surface area contributed by atoms with Gasteiger partial charge < -0.3 is 14.5 Å². The van der Waals surface area contributed by atoms with Gasteiger partial charge in [0.05, 0.1) is 23.4 Å². The molecule has 0 aliphatic carbocycles. The Morgan fingerprint density at radius 3 is 3.04 bits per heavy atom. The molecule has 0 unspecified atom stereocenters. The molecule has 0 radical (unpaired) electrons. The van der Waals surface area contributed by atoms with Crippen molar-refractivity contribution in [3.63, 3.8) is 0 Å². The average Bonchev–Trinajstić information content (AvgIpc) is 3.23. The third-order valence-corrected chi connectivity index (χ3v) is 4.78. The van der Waals surface area contributed by atoms with E-state index in [1.165, 1.54) is 0 Å². The first-order chi connectivity index (χ1) is 11.6. The van der Waals surface area contributed by atoms with E-state index in [-0.39, 0.29) is 17.6 Å². The van der Waals surface area contributed by atoms with Crippen LogP contribution in [0.25, 0.3) is 11.0 Å². The normalized spacial score (nSPS) is 18.2. The molecule has 3 heterocycles. The third-order valence-electron chi connectivity index (χ3n) is 4.78. The van der Waals surface area contributed by atoms with Crippen LogP contribution in [0.5, 0.6) is 0 Å². The molecule has 7 heteroatoms. The number of benzene rings is 1. The number of nitrogens with one attached hydrogen (secondary N) is 1. The van der Waals surface area contributed by atoms with E-state index < -0.39 is 0 Å². The minimum atomic E-state index is -0.173. The average molecular weight is 325 g/mol. The molecule has 1 saturated heterocycles. The van der Waals surface area contributed by atoms with Gasteiger partial charge in [0.25, 0.3) is 5.91 Å². The lowest BCUT2D eigenvalue weighted by atomic mass is 10.0. The molecule has 2 aromatic heterocycles. The van der Waals surface area contributed by atoms with Gasteiger partial charge in [0.2, 0.25) is 0 Å². The van der Waals surface area contributed by atoms with Crippen LogP contribution >= 0.6 is 0 Å². The fourth-order valence-corrected chi connectivity index (χ4v) is 3.42. The maximum absolute atomic E-state index is 12.9. The molecule has 1 fully saturated rings. The number of aromatic amines is 1. The minimum absolute atomic E-state index is 0.00594. The van der Waals surface area contributed by atoms with E-state index in [0.717, 1.165) is 24.9 Å². The van der Waals surface area contributed by atoms with E-state index in [2.05, 4.69) is 14.5 Å². The number of amides is 1. The van der Waals surface area contributed by atoms with Crippen molar-refractivity contribution >= 4 is 16.9 Å². The topological polar surface area (TPSA) is 75.9 Å². The van der Waals surface area contributed by atoms with Gasteiger partial charge in [-0.15, -0.1) is 0 Å². The van der Waals surface area contributed by atoms with E-state index in [9.17, 15) is 9.59 Å². The third kappa shape index (κ3) is 2.42. The maximum atomic E-state index is 12.9. The van der Waals surface area contributed by atoms with Gasteiger partial charge in [0, 0.05) is 38.1 Å². The Balaban J connectivity index is 1.60. The van der Waals surface area contributed by atoms with Crippen molar-refractivity contribution in [2.24, 2.45) is 7.05 Å². The summed E-state index contributed by atoms with van der Waals surface area (Å²) in [5.41, 5.74) is 1.92. The Morgan fingerprint density at radius 2 is 2.25 bits per heavy atom. The largest absolute Gasteiger partial charge is 0.337 e. The van der Waals surface area contributed by atoms with Gasteiger partial charge in [0.15, 0.2) is 0 Å². The summed E-state index contributed by atoms with van der Waals surface area (Å²) in [4.78, 5) is 33.3.